The molecule has 1 saturated heterocycles. The van der Waals surface area contributed by atoms with E-state index in [1.165, 1.54) is 38.8 Å². The van der Waals surface area contributed by atoms with E-state index in [4.69, 9.17) is 5.73 Å². The van der Waals surface area contributed by atoms with Crippen molar-refractivity contribution < 1.29 is 0 Å². The molecular weight excluding hydrogens is 172 g/mol. The van der Waals surface area contributed by atoms with E-state index < -0.39 is 0 Å². The molecule has 2 N–H and O–H groups in total. The van der Waals surface area contributed by atoms with Crippen LogP contribution in [0.5, 0.6) is 0 Å². The lowest BCUT2D eigenvalue weighted by molar-refractivity contribution is 0.175. The van der Waals surface area contributed by atoms with Gasteiger partial charge >= 0.3 is 0 Å². The SMILES string of the molecule is CC1CN(C2CCC(N)CC2)CC1C. The van der Waals surface area contributed by atoms with Gasteiger partial charge in [0.1, 0.15) is 0 Å². The van der Waals surface area contributed by atoms with Crippen molar-refractivity contribution in [3.05, 3.63) is 0 Å². The summed E-state index contributed by atoms with van der Waals surface area (Å²) in [5.74, 6) is 1.79. The van der Waals surface area contributed by atoms with Crippen LogP contribution in [0.3, 0.4) is 0 Å². The van der Waals surface area contributed by atoms with Gasteiger partial charge in [0.05, 0.1) is 0 Å². The van der Waals surface area contributed by atoms with E-state index in [0.717, 1.165) is 17.9 Å². The third-order valence-electron chi connectivity index (χ3n) is 4.27. The first-order valence-corrected chi connectivity index (χ1v) is 6.16. The Morgan fingerprint density at radius 1 is 0.929 bits per heavy atom. The van der Waals surface area contributed by atoms with Gasteiger partial charge in [0.15, 0.2) is 0 Å². The lowest BCUT2D eigenvalue weighted by Gasteiger charge is -2.33. The molecular formula is C12H24N2. The van der Waals surface area contributed by atoms with Crippen molar-refractivity contribution >= 4 is 0 Å². The third-order valence-corrected chi connectivity index (χ3v) is 4.27. The second kappa shape index (κ2) is 4.19. The Morgan fingerprint density at radius 2 is 1.43 bits per heavy atom. The van der Waals surface area contributed by atoms with Gasteiger partial charge in [0.25, 0.3) is 0 Å². The zero-order chi connectivity index (χ0) is 10.1. The third kappa shape index (κ3) is 2.12. The van der Waals surface area contributed by atoms with Crippen molar-refractivity contribution in [3.8, 4) is 0 Å². The van der Waals surface area contributed by atoms with Crippen LogP contribution in [-0.2, 0) is 0 Å². The summed E-state index contributed by atoms with van der Waals surface area (Å²) in [5, 5.41) is 0. The summed E-state index contributed by atoms with van der Waals surface area (Å²) in [7, 11) is 0. The number of hydrogen-bond acceptors (Lipinski definition) is 2. The summed E-state index contributed by atoms with van der Waals surface area (Å²) >= 11 is 0. The van der Waals surface area contributed by atoms with E-state index in [1.807, 2.05) is 0 Å². The summed E-state index contributed by atoms with van der Waals surface area (Å²) in [6.45, 7) is 7.42. The predicted molar refractivity (Wildman–Crippen MR) is 60.1 cm³/mol. The number of nitrogens with zero attached hydrogens (tertiary/aromatic N) is 1. The van der Waals surface area contributed by atoms with Gasteiger partial charge in [-0.15, -0.1) is 0 Å². The van der Waals surface area contributed by atoms with Crippen molar-refractivity contribution in [1.82, 2.24) is 4.90 Å². The number of rotatable bonds is 1. The highest BCUT2D eigenvalue weighted by atomic mass is 15.2. The van der Waals surface area contributed by atoms with E-state index in [0.29, 0.717) is 6.04 Å². The molecule has 82 valence electrons. The average molecular weight is 196 g/mol. The second-order valence-corrected chi connectivity index (χ2v) is 5.48. The van der Waals surface area contributed by atoms with E-state index in [1.54, 1.807) is 0 Å². The molecule has 0 bridgehead atoms. The number of nitrogens with two attached hydrogens (primary N) is 1. The van der Waals surface area contributed by atoms with Crippen LogP contribution in [0, 0.1) is 11.8 Å². The van der Waals surface area contributed by atoms with Gasteiger partial charge in [-0.3, -0.25) is 4.90 Å². The fourth-order valence-electron chi connectivity index (χ4n) is 2.94. The Balaban J connectivity index is 1.85. The van der Waals surface area contributed by atoms with Gasteiger partial charge in [-0.05, 0) is 37.5 Å². The maximum absolute atomic E-state index is 5.93. The molecule has 2 aliphatic rings. The Bertz CT molecular complexity index is 175. The van der Waals surface area contributed by atoms with E-state index in [-0.39, 0.29) is 0 Å². The monoisotopic (exact) mass is 196 g/mol. The number of likely N-dealkylation sites (tertiary alicyclic amines) is 1. The Labute approximate surface area is 87.8 Å². The summed E-state index contributed by atoms with van der Waals surface area (Å²) in [5.41, 5.74) is 5.93. The minimum atomic E-state index is 0.490. The molecule has 2 fully saturated rings. The number of hydrogen-bond donors (Lipinski definition) is 1. The van der Waals surface area contributed by atoms with Gasteiger partial charge in [0.2, 0.25) is 0 Å². The molecule has 1 aliphatic heterocycles. The topological polar surface area (TPSA) is 29.3 Å². The quantitative estimate of drug-likeness (QED) is 0.693. The van der Waals surface area contributed by atoms with Crippen LogP contribution in [-0.4, -0.2) is 30.1 Å². The van der Waals surface area contributed by atoms with Crippen LogP contribution in [0.15, 0.2) is 0 Å². The second-order valence-electron chi connectivity index (χ2n) is 5.48. The molecule has 0 aromatic heterocycles. The Kier molecular flexibility index (Phi) is 3.13. The maximum atomic E-state index is 5.93. The van der Waals surface area contributed by atoms with Crippen LogP contribution < -0.4 is 5.73 Å². The molecule has 0 aromatic carbocycles. The van der Waals surface area contributed by atoms with Crippen LogP contribution in [0.2, 0.25) is 0 Å². The molecule has 1 saturated carbocycles. The van der Waals surface area contributed by atoms with Crippen LogP contribution >= 0.6 is 0 Å². The van der Waals surface area contributed by atoms with Crippen molar-refractivity contribution in [3.63, 3.8) is 0 Å². The summed E-state index contributed by atoms with van der Waals surface area (Å²) in [6.07, 6.45) is 5.15. The Hall–Kier alpha value is -0.0800. The summed E-state index contributed by atoms with van der Waals surface area (Å²) in [4.78, 5) is 2.71. The molecule has 1 aliphatic carbocycles. The fourth-order valence-corrected chi connectivity index (χ4v) is 2.94. The van der Waals surface area contributed by atoms with Crippen molar-refractivity contribution in [2.24, 2.45) is 17.6 Å². The molecule has 14 heavy (non-hydrogen) atoms. The smallest absolute Gasteiger partial charge is 0.00966 e. The van der Waals surface area contributed by atoms with Gasteiger partial charge in [-0.1, -0.05) is 13.8 Å². The average Bonchev–Trinajstić information content (AvgIpc) is 2.48. The van der Waals surface area contributed by atoms with Crippen LogP contribution in [0.25, 0.3) is 0 Å². The van der Waals surface area contributed by atoms with E-state index in [9.17, 15) is 0 Å². The molecule has 0 spiro atoms. The first kappa shape index (κ1) is 10.4. The van der Waals surface area contributed by atoms with Crippen molar-refractivity contribution in [2.45, 2.75) is 51.6 Å². The van der Waals surface area contributed by atoms with Gasteiger partial charge in [-0.25, -0.2) is 0 Å². The molecule has 0 radical (unpaired) electrons. The van der Waals surface area contributed by atoms with E-state index in [2.05, 4.69) is 18.7 Å². The zero-order valence-electron chi connectivity index (χ0n) is 9.58. The minimum absolute atomic E-state index is 0.490. The summed E-state index contributed by atoms with van der Waals surface area (Å²) < 4.78 is 0. The van der Waals surface area contributed by atoms with Gasteiger partial charge < -0.3 is 5.73 Å². The lowest BCUT2D eigenvalue weighted by Crippen LogP contribution is -2.39. The normalized spacial score (nSPS) is 45.6. The first-order valence-electron chi connectivity index (χ1n) is 6.16. The zero-order valence-corrected chi connectivity index (χ0v) is 9.58. The lowest BCUT2D eigenvalue weighted by atomic mass is 9.91. The molecule has 1 heterocycles. The van der Waals surface area contributed by atoms with E-state index >= 15 is 0 Å². The van der Waals surface area contributed by atoms with Gasteiger partial charge in [0, 0.05) is 25.2 Å². The largest absolute Gasteiger partial charge is 0.328 e. The standard InChI is InChI=1S/C12H24N2/c1-9-7-14(8-10(9)2)12-5-3-11(13)4-6-12/h9-12H,3-8,13H2,1-2H3. The molecule has 2 heteroatoms. The molecule has 2 unspecified atom stereocenters. The predicted octanol–water partition coefficient (Wildman–Crippen LogP) is 1.84. The van der Waals surface area contributed by atoms with Crippen molar-refractivity contribution in [2.75, 3.05) is 13.1 Å². The first-order chi connectivity index (χ1) is 6.66. The van der Waals surface area contributed by atoms with Crippen molar-refractivity contribution in [1.29, 1.82) is 0 Å². The maximum Gasteiger partial charge on any atom is 0.00966 e. The molecule has 2 nitrogen and oxygen atoms in total. The molecule has 2 rings (SSSR count). The van der Waals surface area contributed by atoms with Gasteiger partial charge in [-0.2, -0.15) is 0 Å². The summed E-state index contributed by atoms with van der Waals surface area (Å²) in [6, 6.07) is 1.34. The molecule has 2 atom stereocenters. The highest BCUT2D eigenvalue weighted by Crippen LogP contribution is 2.29. The highest BCUT2D eigenvalue weighted by Gasteiger charge is 2.32. The van der Waals surface area contributed by atoms with Crippen LogP contribution in [0.4, 0.5) is 0 Å². The Morgan fingerprint density at radius 3 is 1.93 bits per heavy atom. The fraction of sp³-hybridized carbons (Fsp3) is 1.00. The molecule has 0 aromatic rings. The van der Waals surface area contributed by atoms with Crippen LogP contribution in [0.1, 0.15) is 39.5 Å². The highest BCUT2D eigenvalue weighted by molar-refractivity contribution is 4.87. The minimum Gasteiger partial charge on any atom is -0.328 e. The molecule has 0 amide bonds.